The van der Waals surface area contributed by atoms with Crippen molar-refractivity contribution < 1.29 is 9.90 Å². The zero-order valence-corrected chi connectivity index (χ0v) is 15.5. The van der Waals surface area contributed by atoms with Crippen molar-refractivity contribution in [3.05, 3.63) is 29.6 Å². The van der Waals surface area contributed by atoms with Crippen molar-refractivity contribution in [1.82, 2.24) is 10.3 Å². The molecule has 138 valence electrons. The van der Waals surface area contributed by atoms with Gasteiger partial charge in [-0.05, 0) is 31.4 Å². The smallest absolute Gasteiger partial charge is 0.326 e. The first-order valence-corrected chi connectivity index (χ1v) is 10.1. The second-order valence-corrected chi connectivity index (χ2v) is 7.68. The summed E-state index contributed by atoms with van der Waals surface area (Å²) in [7, 11) is 0. The molecule has 0 amide bonds. The van der Waals surface area contributed by atoms with Crippen LogP contribution in [0.1, 0.15) is 19.3 Å². The van der Waals surface area contributed by atoms with E-state index < -0.39 is 12.0 Å². The lowest BCUT2D eigenvalue weighted by atomic mass is 10.0. The Bertz CT molecular complexity index is 755. The monoisotopic (exact) mass is 372 g/mol. The molecule has 2 N–H and O–H groups in total. The number of thiazole rings is 1. The molecule has 2 fully saturated rings. The number of piperidine rings is 1. The van der Waals surface area contributed by atoms with Crippen LogP contribution >= 0.6 is 11.3 Å². The van der Waals surface area contributed by atoms with Gasteiger partial charge in [0, 0.05) is 49.4 Å². The van der Waals surface area contributed by atoms with Crippen LogP contribution in [0.25, 0.3) is 11.3 Å². The van der Waals surface area contributed by atoms with Gasteiger partial charge < -0.3 is 20.2 Å². The van der Waals surface area contributed by atoms with Crippen LogP contribution in [0, 0.1) is 0 Å². The van der Waals surface area contributed by atoms with Gasteiger partial charge in [-0.1, -0.05) is 12.1 Å². The molecule has 7 heteroatoms. The maximum atomic E-state index is 11.5. The molecule has 2 saturated heterocycles. The highest BCUT2D eigenvalue weighted by Crippen LogP contribution is 2.32. The van der Waals surface area contributed by atoms with Crippen LogP contribution in [-0.4, -0.2) is 54.8 Å². The first-order chi connectivity index (χ1) is 12.7. The van der Waals surface area contributed by atoms with Crippen molar-refractivity contribution >= 4 is 28.1 Å². The zero-order chi connectivity index (χ0) is 17.9. The van der Waals surface area contributed by atoms with Gasteiger partial charge in [-0.15, -0.1) is 11.3 Å². The molecule has 0 spiro atoms. The summed E-state index contributed by atoms with van der Waals surface area (Å²) in [6, 6.07) is 8.08. The molecule has 3 heterocycles. The predicted molar refractivity (Wildman–Crippen MR) is 105 cm³/mol. The van der Waals surface area contributed by atoms with Gasteiger partial charge in [-0.3, -0.25) is 0 Å². The summed E-state index contributed by atoms with van der Waals surface area (Å²) >= 11 is 1.54. The molecule has 2 aromatic rings. The van der Waals surface area contributed by atoms with E-state index in [2.05, 4.69) is 34.5 Å². The van der Waals surface area contributed by atoms with Crippen LogP contribution in [0.3, 0.4) is 0 Å². The number of piperazine rings is 1. The van der Waals surface area contributed by atoms with Gasteiger partial charge in [0.15, 0.2) is 5.13 Å². The third-order valence-electron chi connectivity index (χ3n) is 5.17. The molecule has 1 aromatic carbocycles. The fourth-order valence-corrected chi connectivity index (χ4v) is 4.62. The fraction of sp³-hybridized carbons (Fsp3) is 0.474. The SMILES string of the molecule is O=C(O)C1CCCCN1c1nc(-c2ccc(N3CCNCC3)cc2)cs1. The Morgan fingerprint density at radius 3 is 2.65 bits per heavy atom. The highest BCUT2D eigenvalue weighted by molar-refractivity contribution is 7.14. The molecule has 1 atom stereocenters. The minimum absolute atomic E-state index is 0.446. The quantitative estimate of drug-likeness (QED) is 0.860. The number of carboxylic acids is 1. The number of hydrogen-bond acceptors (Lipinski definition) is 6. The molecule has 4 rings (SSSR count). The standard InChI is InChI=1S/C19H24N4O2S/c24-18(25)17-3-1-2-10-23(17)19-21-16(13-26-19)14-4-6-15(7-5-14)22-11-8-20-9-12-22/h4-7,13,17,20H,1-3,8-12H2,(H,24,25). The number of nitrogens with zero attached hydrogens (tertiary/aromatic N) is 3. The average molecular weight is 372 g/mol. The van der Waals surface area contributed by atoms with E-state index in [9.17, 15) is 9.90 Å². The lowest BCUT2D eigenvalue weighted by Gasteiger charge is -2.32. The number of hydrogen-bond donors (Lipinski definition) is 2. The normalized spacial score (nSPS) is 21.0. The molecule has 0 radical (unpaired) electrons. The third kappa shape index (κ3) is 3.54. The molecular formula is C19H24N4O2S. The van der Waals surface area contributed by atoms with Gasteiger partial charge in [0.05, 0.1) is 5.69 Å². The van der Waals surface area contributed by atoms with Crippen LogP contribution in [-0.2, 0) is 4.79 Å². The zero-order valence-electron chi connectivity index (χ0n) is 14.7. The molecule has 6 nitrogen and oxygen atoms in total. The minimum Gasteiger partial charge on any atom is -0.480 e. The van der Waals surface area contributed by atoms with Crippen molar-refractivity contribution in [2.24, 2.45) is 0 Å². The van der Waals surface area contributed by atoms with Crippen LogP contribution in [0.5, 0.6) is 0 Å². The van der Waals surface area contributed by atoms with E-state index in [4.69, 9.17) is 4.98 Å². The Labute approximate surface area is 157 Å². The largest absolute Gasteiger partial charge is 0.480 e. The summed E-state index contributed by atoms with van der Waals surface area (Å²) in [6.45, 7) is 4.89. The summed E-state index contributed by atoms with van der Waals surface area (Å²) < 4.78 is 0. The van der Waals surface area contributed by atoms with Crippen molar-refractivity contribution in [3.63, 3.8) is 0 Å². The van der Waals surface area contributed by atoms with Crippen molar-refractivity contribution in [2.75, 3.05) is 42.5 Å². The maximum absolute atomic E-state index is 11.5. The lowest BCUT2D eigenvalue weighted by molar-refractivity contribution is -0.139. The number of rotatable bonds is 4. The molecule has 0 aliphatic carbocycles. The Kier molecular flexibility index (Phi) is 5.08. The van der Waals surface area contributed by atoms with Gasteiger partial charge >= 0.3 is 5.97 Å². The molecule has 26 heavy (non-hydrogen) atoms. The summed E-state index contributed by atoms with van der Waals surface area (Å²) in [5.41, 5.74) is 3.24. The van der Waals surface area contributed by atoms with Crippen molar-refractivity contribution in [3.8, 4) is 11.3 Å². The summed E-state index contributed by atoms with van der Waals surface area (Å²) in [4.78, 5) is 20.6. The van der Waals surface area contributed by atoms with E-state index in [0.29, 0.717) is 6.42 Å². The predicted octanol–water partition coefficient (Wildman–Crippen LogP) is 2.66. The van der Waals surface area contributed by atoms with E-state index in [1.807, 2.05) is 10.3 Å². The lowest BCUT2D eigenvalue weighted by Crippen LogP contribution is -2.44. The Balaban J connectivity index is 1.51. The topological polar surface area (TPSA) is 68.7 Å². The number of aromatic nitrogens is 1. The molecule has 2 aliphatic rings. The number of benzene rings is 1. The van der Waals surface area contributed by atoms with Crippen molar-refractivity contribution in [2.45, 2.75) is 25.3 Å². The molecule has 1 unspecified atom stereocenters. The van der Waals surface area contributed by atoms with Gasteiger partial charge in [0.1, 0.15) is 6.04 Å². The highest BCUT2D eigenvalue weighted by Gasteiger charge is 2.30. The van der Waals surface area contributed by atoms with E-state index in [0.717, 1.165) is 62.0 Å². The van der Waals surface area contributed by atoms with Crippen LogP contribution in [0.15, 0.2) is 29.6 Å². The second-order valence-electron chi connectivity index (χ2n) is 6.84. The van der Waals surface area contributed by atoms with Gasteiger partial charge in [-0.2, -0.15) is 0 Å². The number of aliphatic carboxylic acids is 1. The number of nitrogens with one attached hydrogen (secondary N) is 1. The molecular weight excluding hydrogens is 348 g/mol. The number of carbonyl (C=O) groups is 1. The van der Waals surface area contributed by atoms with E-state index in [1.54, 1.807) is 0 Å². The van der Waals surface area contributed by atoms with Gasteiger partial charge in [0.25, 0.3) is 0 Å². The first kappa shape index (κ1) is 17.3. The molecule has 1 aromatic heterocycles. The second kappa shape index (κ2) is 7.63. The van der Waals surface area contributed by atoms with Crippen molar-refractivity contribution in [1.29, 1.82) is 0 Å². The first-order valence-electron chi connectivity index (χ1n) is 9.23. The molecule has 0 saturated carbocycles. The Morgan fingerprint density at radius 1 is 1.15 bits per heavy atom. The summed E-state index contributed by atoms with van der Waals surface area (Å²) in [6.07, 6.45) is 2.70. The van der Waals surface area contributed by atoms with Crippen LogP contribution < -0.4 is 15.1 Å². The van der Waals surface area contributed by atoms with E-state index in [1.165, 1.54) is 17.0 Å². The third-order valence-corrected chi connectivity index (χ3v) is 6.05. The average Bonchev–Trinajstić information content (AvgIpc) is 3.19. The Morgan fingerprint density at radius 2 is 1.92 bits per heavy atom. The Hall–Kier alpha value is -2.12. The van der Waals surface area contributed by atoms with E-state index in [-0.39, 0.29) is 0 Å². The van der Waals surface area contributed by atoms with Crippen LogP contribution in [0.4, 0.5) is 10.8 Å². The molecule has 0 bridgehead atoms. The summed E-state index contributed by atoms with van der Waals surface area (Å²) in [5, 5.41) is 15.7. The minimum atomic E-state index is -0.748. The summed E-state index contributed by atoms with van der Waals surface area (Å²) in [5.74, 6) is -0.748. The van der Waals surface area contributed by atoms with Gasteiger partial charge in [0.2, 0.25) is 0 Å². The maximum Gasteiger partial charge on any atom is 0.326 e. The number of carboxylic acid groups (broad SMARTS) is 1. The number of anilines is 2. The highest BCUT2D eigenvalue weighted by atomic mass is 32.1. The van der Waals surface area contributed by atoms with Gasteiger partial charge in [-0.25, -0.2) is 9.78 Å². The fourth-order valence-electron chi connectivity index (χ4n) is 3.71. The van der Waals surface area contributed by atoms with Crippen LogP contribution in [0.2, 0.25) is 0 Å². The van der Waals surface area contributed by atoms with E-state index >= 15 is 0 Å². The molecule has 2 aliphatic heterocycles.